The molecule has 0 bridgehead atoms. The highest BCUT2D eigenvalue weighted by atomic mass is 19.2. The van der Waals surface area contributed by atoms with E-state index in [1.165, 1.54) is 31.4 Å². The zero-order chi connectivity index (χ0) is 22.7. The molecule has 0 saturated heterocycles. The Kier molecular flexibility index (Phi) is 6.49. The number of esters is 1. The van der Waals surface area contributed by atoms with Crippen molar-refractivity contribution >= 4 is 5.97 Å². The predicted molar refractivity (Wildman–Crippen MR) is 116 cm³/mol. The van der Waals surface area contributed by atoms with Crippen LogP contribution in [0.1, 0.15) is 53.9 Å². The summed E-state index contributed by atoms with van der Waals surface area (Å²) in [5.74, 6) is -2.78. The van der Waals surface area contributed by atoms with Crippen LogP contribution in [0.2, 0.25) is 0 Å². The first-order valence-electron chi connectivity index (χ1n) is 10.6. The monoisotopic (exact) mass is 440 g/mol. The zero-order valence-electron chi connectivity index (χ0n) is 17.7. The third-order valence-corrected chi connectivity index (χ3v) is 5.92. The first-order valence-corrected chi connectivity index (χ1v) is 10.6. The minimum Gasteiger partial charge on any atom is -0.494 e. The summed E-state index contributed by atoms with van der Waals surface area (Å²) in [6.45, 7) is 0. The van der Waals surface area contributed by atoms with Gasteiger partial charge >= 0.3 is 5.97 Å². The molecule has 166 valence electrons. The van der Waals surface area contributed by atoms with Gasteiger partial charge in [0, 0.05) is 5.56 Å². The van der Waals surface area contributed by atoms with Crippen molar-refractivity contribution in [2.75, 3.05) is 7.11 Å². The van der Waals surface area contributed by atoms with Crippen molar-refractivity contribution in [1.29, 1.82) is 0 Å². The SMILES string of the molecule is COc1ccc(C(=O)Oc2ccc(-c3ccc(C4CCCCC4)c(F)c3F)cc2)cc1F. The maximum Gasteiger partial charge on any atom is 0.343 e. The number of ether oxygens (including phenoxy) is 2. The Hall–Kier alpha value is -3.28. The molecule has 1 saturated carbocycles. The lowest BCUT2D eigenvalue weighted by Crippen LogP contribution is -2.09. The lowest BCUT2D eigenvalue weighted by molar-refractivity contribution is 0.0734. The van der Waals surface area contributed by atoms with E-state index in [0.29, 0.717) is 11.1 Å². The minimum atomic E-state index is -0.869. The highest BCUT2D eigenvalue weighted by molar-refractivity contribution is 5.91. The van der Waals surface area contributed by atoms with E-state index >= 15 is 0 Å². The molecule has 3 aromatic rings. The molecule has 0 aromatic heterocycles. The van der Waals surface area contributed by atoms with Gasteiger partial charge in [-0.15, -0.1) is 0 Å². The van der Waals surface area contributed by atoms with Gasteiger partial charge in [-0.2, -0.15) is 0 Å². The van der Waals surface area contributed by atoms with E-state index in [-0.39, 0.29) is 28.5 Å². The normalized spacial score (nSPS) is 14.2. The molecule has 32 heavy (non-hydrogen) atoms. The third-order valence-electron chi connectivity index (χ3n) is 5.92. The summed E-state index contributed by atoms with van der Waals surface area (Å²) in [5, 5.41) is 0. The molecule has 0 aliphatic heterocycles. The number of hydrogen-bond donors (Lipinski definition) is 0. The molecule has 1 aliphatic rings. The van der Waals surface area contributed by atoms with E-state index < -0.39 is 23.4 Å². The van der Waals surface area contributed by atoms with Crippen LogP contribution < -0.4 is 9.47 Å². The van der Waals surface area contributed by atoms with Crippen molar-refractivity contribution in [2.45, 2.75) is 38.0 Å². The van der Waals surface area contributed by atoms with E-state index in [0.717, 1.165) is 38.2 Å². The van der Waals surface area contributed by atoms with Gasteiger partial charge in [-0.3, -0.25) is 0 Å². The Morgan fingerprint density at radius 1 is 0.875 bits per heavy atom. The van der Waals surface area contributed by atoms with Crippen molar-refractivity contribution in [3.8, 4) is 22.6 Å². The van der Waals surface area contributed by atoms with Crippen LogP contribution in [-0.2, 0) is 0 Å². The molecule has 3 aromatic carbocycles. The molecule has 0 atom stereocenters. The second kappa shape index (κ2) is 9.47. The van der Waals surface area contributed by atoms with E-state index in [1.54, 1.807) is 24.3 Å². The van der Waals surface area contributed by atoms with Gasteiger partial charge < -0.3 is 9.47 Å². The maximum absolute atomic E-state index is 14.8. The molecule has 0 spiro atoms. The molecule has 1 aliphatic carbocycles. The second-order valence-corrected chi connectivity index (χ2v) is 7.93. The summed E-state index contributed by atoms with van der Waals surface area (Å²) in [4.78, 5) is 12.3. The van der Waals surface area contributed by atoms with Crippen LogP contribution >= 0.6 is 0 Å². The van der Waals surface area contributed by atoms with Gasteiger partial charge in [-0.05, 0) is 60.2 Å². The molecule has 3 nitrogen and oxygen atoms in total. The minimum absolute atomic E-state index is 0.0228. The van der Waals surface area contributed by atoms with Crippen LogP contribution in [0.3, 0.4) is 0 Å². The zero-order valence-corrected chi connectivity index (χ0v) is 17.7. The number of halogens is 3. The Bertz CT molecular complexity index is 1120. The quantitative estimate of drug-likeness (QED) is 0.315. The summed E-state index contributed by atoms with van der Waals surface area (Å²) in [7, 11) is 1.33. The smallest absolute Gasteiger partial charge is 0.343 e. The van der Waals surface area contributed by atoms with Gasteiger partial charge in [-0.1, -0.05) is 43.5 Å². The van der Waals surface area contributed by atoms with Gasteiger partial charge in [0.25, 0.3) is 0 Å². The van der Waals surface area contributed by atoms with E-state index in [1.807, 2.05) is 0 Å². The fourth-order valence-electron chi connectivity index (χ4n) is 4.18. The molecule has 0 amide bonds. The van der Waals surface area contributed by atoms with Crippen LogP contribution in [0.15, 0.2) is 54.6 Å². The fourth-order valence-corrected chi connectivity index (χ4v) is 4.18. The molecular formula is C26H23F3O3. The number of hydrogen-bond acceptors (Lipinski definition) is 3. The van der Waals surface area contributed by atoms with E-state index in [9.17, 15) is 18.0 Å². The van der Waals surface area contributed by atoms with Gasteiger partial charge in [-0.25, -0.2) is 18.0 Å². The van der Waals surface area contributed by atoms with Crippen molar-refractivity contribution in [1.82, 2.24) is 0 Å². The van der Waals surface area contributed by atoms with Crippen LogP contribution in [0.25, 0.3) is 11.1 Å². The Balaban J connectivity index is 1.50. The third kappa shape index (κ3) is 4.49. The maximum atomic E-state index is 14.8. The largest absolute Gasteiger partial charge is 0.494 e. The molecule has 0 N–H and O–H groups in total. The average molecular weight is 440 g/mol. The van der Waals surface area contributed by atoms with Crippen molar-refractivity contribution in [2.24, 2.45) is 0 Å². The van der Waals surface area contributed by atoms with Crippen LogP contribution in [0, 0.1) is 17.5 Å². The van der Waals surface area contributed by atoms with Gasteiger partial charge in [0.15, 0.2) is 23.2 Å². The molecule has 0 heterocycles. The summed E-state index contributed by atoms with van der Waals surface area (Å²) >= 11 is 0. The molecular weight excluding hydrogens is 417 g/mol. The van der Waals surface area contributed by atoms with Crippen molar-refractivity contribution in [3.63, 3.8) is 0 Å². The summed E-state index contributed by atoms with van der Waals surface area (Å²) in [5.41, 5.74) is 1.09. The average Bonchev–Trinajstić information content (AvgIpc) is 2.82. The Labute approximate surface area is 184 Å². The van der Waals surface area contributed by atoms with Gasteiger partial charge in [0.2, 0.25) is 0 Å². The molecule has 4 rings (SSSR count). The predicted octanol–water partition coefficient (Wildman–Crippen LogP) is 7.05. The lowest BCUT2D eigenvalue weighted by Gasteiger charge is -2.23. The molecule has 0 unspecified atom stereocenters. The summed E-state index contributed by atoms with van der Waals surface area (Å²) in [6, 6.07) is 13.1. The summed E-state index contributed by atoms with van der Waals surface area (Å²) in [6.07, 6.45) is 4.98. The number of benzene rings is 3. The first kappa shape index (κ1) is 21.9. The van der Waals surface area contributed by atoms with Gasteiger partial charge in [0.1, 0.15) is 5.75 Å². The molecule has 6 heteroatoms. The van der Waals surface area contributed by atoms with E-state index in [4.69, 9.17) is 9.47 Å². The second-order valence-electron chi connectivity index (χ2n) is 7.93. The number of rotatable bonds is 5. The van der Waals surface area contributed by atoms with Crippen molar-refractivity contribution < 1.29 is 27.4 Å². The van der Waals surface area contributed by atoms with Crippen LogP contribution in [-0.4, -0.2) is 13.1 Å². The Morgan fingerprint density at radius 2 is 1.59 bits per heavy atom. The highest BCUT2D eigenvalue weighted by Crippen LogP contribution is 2.37. The van der Waals surface area contributed by atoms with E-state index in [2.05, 4.69) is 0 Å². The standard InChI is InChI=1S/C26H23F3O3/c1-31-23-14-9-18(15-22(23)27)26(30)32-19-10-7-17(8-11-19)21-13-12-20(24(28)25(21)29)16-5-3-2-4-6-16/h7-16H,2-6H2,1H3. The lowest BCUT2D eigenvalue weighted by atomic mass is 9.83. The molecule has 0 radical (unpaired) electrons. The fraction of sp³-hybridized carbons (Fsp3) is 0.269. The van der Waals surface area contributed by atoms with Gasteiger partial charge in [0.05, 0.1) is 12.7 Å². The topological polar surface area (TPSA) is 35.5 Å². The highest BCUT2D eigenvalue weighted by Gasteiger charge is 2.23. The number of carbonyl (C=O) groups is 1. The number of carbonyl (C=O) groups excluding carboxylic acids is 1. The first-order chi connectivity index (χ1) is 15.5. The summed E-state index contributed by atoms with van der Waals surface area (Å²) < 4.78 is 53.5. The Morgan fingerprint density at radius 3 is 2.25 bits per heavy atom. The van der Waals surface area contributed by atoms with Crippen LogP contribution in [0.4, 0.5) is 13.2 Å². The number of methoxy groups -OCH3 is 1. The van der Waals surface area contributed by atoms with Crippen LogP contribution in [0.5, 0.6) is 11.5 Å². The van der Waals surface area contributed by atoms with Crippen molar-refractivity contribution in [3.05, 3.63) is 83.2 Å². The molecule has 1 fully saturated rings.